The number of thiophene rings is 1. The van der Waals surface area contributed by atoms with Gasteiger partial charge in [0.15, 0.2) is 0 Å². The van der Waals surface area contributed by atoms with Crippen LogP contribution in [0.1, 0.15) is 24.8 Å². The third kappa shape index (κ3) is 3.11. The molecule has 3 atom stereocenters. The van der Waals surface area contributed by atoms with E-state index in [4.69, 9.17) is 16.3 Å². The van der Waals surface area contributed by atoms with Gasteiger partial charge in [-0.05, 0) is 25.6 Å². The molecule has 1 aliphatic rings. The number of rotatable bonds is 5. The van der Waals surface area contributed by atoms with Gasteiger partial charge >= 0.3 is 5.97 Å². The molecule has 0 radical (unpaired) electrons. The zero-order valence-electron chi connectivity index (χ0n) is 11.0. The van der Waals surface area contributed by atoms with E-state index >= 15 is 0 Å². The van der Waals surface area contributed by atoms with Crippen LogP contribution in [-0.4, -0.2) is 41.8 Å². The summed E-state index contributed by atoms with van der Waals surface area (Å²) in [5, 5.41) is 9.26. The van der Waals surface area contributed by atoms with Crippen molar-refractivity contribution in [3.63, 3.8) is 0 Å². The minimum absolute atomic E-state index is 0.0709. The maximum atomic E-state index is 11.3. The highest BCUT2D eigenvalue weighted by atomic mass is 35.5. The van der Waals surface area contributed by atoms with Crippen LogP contribution in [0.3, 0.4) is 0 Å². The predicted molar refractivity (Wildman–Crippen MR) is 75.9 cm³/mol. The van der Waals surface area contributed by atoms with Gasteiger partial charge in [0.2, 0.25) is 0 Å². The molecule has 0 amide bonds. The molecule has 0 spiro atoms. The van der Waals surface area contributed by atoms with Crippen molar-refractivity contribution < 1.29 is 14.6 Å². The summed E-state index contributed by atoms with van der Waals surface area (Å²) in [7, 11) is 0. The molecule has 106 valence electrons. The predicted octanol–water partition coefficient (Wildman–Crippen LogP) is 2.88. The summed E-state index contributed by atoms with van der Waals surface area (Å²) in [6, 6.07) is 3.96. The number of likely N-dealkylation sites (N-methyl/N-ethyl adjacent to an activating group) is 1. The normalized spacial score (nSPS) is 24.8. The molecular formula is C13H18ClNO3S. The van der Waals surface area contributed by atoms with Crippen molar-refractivity contribution in [2.45, 2.75) is 25.9 Å². The zero-order valence-corrected chi connectivity index (χ0v) is 12.6. The van der Waals surface area contributed by atoms with Gasteiger partial charge in [-0.3, -0.25) is 9.69 Å². The highest BCUT2D eigenvalue weighted by Crippen LogP contribution is 2.33. The molecule has 2 rings (SSSR count). The van der Waals surface area contributed by atoms with Crippen LogP contribution >= 0.6 is 22.9 Å². The maximum Gasteiger partial charge on any atom is 0.310 e. The lowest BCUT2D eigenvalue weighted by Gasteiger charge is -2.34. The summed E-state index contributed by atoms with van der Waals surface area (Å²) in [5.41, 5.74) is 0. The molecule has 1 aromatic heterocycles. The number of ether oxygens (including phenoxy) is 1. The first-order valence-corrected chi connectivity index (χ1v) is 7.55. The van der Waals surface area contributed by atoms with E-state index < -0.39 is 11.9 Å². The largest absolute Gasteiger partial charge is 0.481 e. The van der Waals surface area contributed by atoms with Crippen LogP contribution in [0.5, 0.6) is 0 Å². The second kappa shape index (κ2) is 6.22. The Bertz CT molecular complexity index is 451. The van der Waals surface area contributed by atoms with Crippen LogP contribution in [0.2, 0.25) is 4.34 Å². The highest BCUT2D eigenvalue weighted by molar-refractivity contribution is 7.16. The second-order valence-electron chi connectivity index (χ2n) is 4.70. The van der Waals surface area contributed by atoms with Crippen LogP contribution in [0.4, 0.5) is 0 Å². The Labute approximate surface area is 121 Å². The minimum atomic E-state index is -0.780. The summed E-state index contributed by atoms with van der Waals surface area (Å²) >= 11 is 7.52. The van der Waals surface area contributed by atoms with Gasteiger partial charge in [0.05, 0.1) is 23.5 Å². The van der Waals surface area contributed by atoms with E-state index in [1.54, 1.807) is 11.3 Å². The molecule has 0 aliphatic carbocycles. The number of carboxylic acids is 1. The number of carbonyl (C=O) groups is 1. The Morgan fingerprint density at radius 2 is 2.37 bits per heavy atom. The lowest BCUT2D eigenvalue weighted by Crippen LogP contribution is -2.44. The SMILES string of the molecule is CCN(C(C)c1ccc(Cl)s1)C1COCC1C(=O)O. The topological polar surface area (TPSA) is 49.8 Å². The smallest absolute Gasteiger partial charge is 0.310 e. The maximum absolute atomic E-state index is 11.3. The van der Waals surface area contributed by atoms with E-state index in [1.807, 2.05) is 19.1 Å². The van der Waals surface area contributed by atoms with Crippen molar-refractivity contribution in [3.8, 4) is 0 Å². The Hall–Kier alpha value is -0.620. The fraction of sp³-hybridized carbons (Fsp3) is 0.615. The van der Waals surface area contributed by atoms with E-state index in [0.29, 0.717) is 13.2 Å². The van der Waals surface area contributed by atoms with Gasteiger partial charge in [0.25, 0.3) is 0 Å². The van der Waals surface area contributed by atoms with Crippen molar-refractivity contribution >= 4 is 28.9 Å². The van der Waals surface area contributed by atoms with Gasteiger partial charge in [0, 0.05) is 17.0 Å². The molecular weight excluding hydrogens is 286 g/mol. The van der Waals surface area contributed by atoms with Gasteiger partial charge in [-0.25, -0.2) is 0 Å². The fourth-order valence-corrected chi connectivity index (χ4v) is 3.75. The third-order valence-electron chi connectivity index (χ3n) is 3.66. The first kappa shape index (κ1) is 14.8. The van der Waals surface area contributed by atoms with E-state index in [-0.39, 0.29) is 12.1 Å². The van der Waals surface area contributed by atoms with Crippen molar-refractivity contribution in [3.05, 3.63) is 21.3 Å². The lowest BCUT2D eigenvalue weighted by atomic mass is 10.0. The average molecular weight is 304 g/mol. The molecule has 1 aliphatic heterocycles. The second-order valence-corrected chi connectivity index (χ2v) is 6.44. The van der Waals surface area contributed by atoms with Gasteiger partial charge in [-0.2, -0.15) is 0 Å². The fourth-order valence-electron chi connectivity index (χ4n) is 2.62. The summed E-state index contributed by atoms with van der Waals surface area (Å²) in [4.78, 5) is 14.6. The number of hydrogen-bond donors (Lipinski definition) is 1. The van der Waals surface area contributed by atoms with Crippen LogP contribution in [-0.2, 0) is 9.53 Å². The van der Waals surface area contributed by atoms with Crippen molar-refractivity contribution in [2.75, 3.05) is 19.8 Å². The number of aliphatic carboxylic acids is 1. The van der Waals surface area contributed by atoms with E-state index in [2.05, 4.69) is 11.8 Å². The number of hydrogen-bond acceptors (Lipinski definition) is 4. The standard InChI is InChI=1S/C13H18ClNO3S/c1-3-15(8(2)11-4-5-12(14)19-11)10-7-18-6-9(10)13(16)17/h4-5,8-10H,3,6-7H2,1-2H3,(H,16,17). The Balaban J connectivity index is 2.17. The Kier molecular flexibility index (Phi) is 4.84. The summed E-state index contributed by atoms with van der Waals surface area (Å²) in [6.07, 6.45) is 0. The first-order valence-electron chi connectivity index (χ1n) is 6.36. The molecule has 1 N–H and O–H groups in total. The Morgan fingerprint density at radius 3 is 2.89 bits per heavy atom. The van der Waals surface area contributed by atoms with Crippen LogP contribution in [0, 0.1) is 5.92 Å². The summed E-state index contributed by atoms with van der Waals surface area (Å²) < 4.78 is 6.12. The van der Waals surface area contributed by atoms with Gasteiger partial charge in [-0.1, -0.05) is 18.5 Å². The van der Waals surface area contributed by atoms with Crippen molar-refractivity contribution in [1.29, 1.82) is 0 Å². The van der Waals surface area contributed by atoms with E-state index in [1.165, 1.54) is 0 Å². The van der Waals surface area contributed by atoms with Gasteiger partial charge in [-0.15, -0.1) is 11.3 Å². The van der Waals surface area contributed by atoms with Gasteiger partial charge < -0.3 is 9.84 Å². The zero-order chi connectivity index (χ0) is 14.0. The van der Waals surface area contributed by atoms with Crippen LogP contribution < -0.4 is 0 Å². The number of carboxylic acid groups (broad SMARTS) is 1. The minimum Gasteiger partial charge on any atom is -0.481 e. The molecule has 0 bridgehead atoms. The molecule has 1 fully saturated rings. The highest BCUT2D eigenvalue weighted by Gasteiger charge is 2.39. The van der Waals surface area contributed by atoms with Crippen molar-refractivity contribution in [1.82, 2.24) is 4.90 Å². The monoisotopic (exact) mass is 303 g/mol. The van der Waals surface area contributed by atoms with Crippen LogP contribution in [0.25, 0.3) is 0 Å². The molecule has 6 heteroatoms. The molecule has 1 saturated heterocycles. The summed E-state index contributed by atoms with van der Waals surface area (Å²) in [5.74, 6) is -1.23. The molecule has 0 aromatic carbocycles. The van der Waals surface area contributed by atoms with E-state index in [9.17, 15) is 9.90 Å². The van der Waals surface area contributed by atoms with Crippen molar-refractivity contribution in [2.24, 2.45) is 5.92 Å². The number of halogens is 1. The third-order valence-corrected chi connectivity index (χ3v) is 5.06. The first-order chi connectivity index (χ1) is 9.04. The van der Waals surface area contributed by atoms with Crippen LogP contribution in [0.15, 0.2) is 12.1 Å². The molecule has 2 heterocycles. The lowest BCUT2D eigenvalue weighted by molar-refractivity contribution is -0.143. The number of nitrogens with zero attached hydrogens (tertiary/aromatic N) is 1. The molecule has 19 heavy (non-hydrogen) atoms. The molecule has 3 unspecified atom stereocenters. The molecule has 4 nitrogen and oxygen atoms in total. The molecule has 0 saturated carbocycles. The van der Waals surface area contributed by atoms with E-state index in [0.717, 1.165) is 15.8 Å². The average Bonchev–Trinajstić information content (AvgIpc) is 2.98. The molecule has 1 aromatic rings. The Morgan fingerprint density at radius 1 is 1.63 bits per heavy atom. The van der Waals surface area contributed by atoms with Gasteiger partial charge in [0.1, 0.15) is 0 Å². The quantitative estimate of drug-likeness (QED) is 0.908. The summed E-state index contributed by atoms with van der Waals surface area (Å²) in [6.45, 7) is 5.70.